The standard InChI is InChI=1S/C22H31N3O2/c1-4-7-19-14-20(27-24-19)15-23-21-10-6-11-25(17(3)26)22(21)13-18-9-5-8-16(2)12-18/h5,8-9,12,14,21-23H,4,6-7,10-11,13,15H2,1-3H3/t21-,22-/m0/s1. The molecule has 0 spiro atoms. The third kappa shape index (κ3) is 5.19. The van der Waals surface area contributed by atoms with Gasteiger partial charge in [-0.2, -0.15) is 0 Å². The molecule has 1 amide bonds. The second-order valence-corrected chi connectivity index (χ2v) is 7.64. The highest BCUT2D eigenvalue weighted by atomic mass is 16.5. The number of aromatic nitrogens is 1. The van der Waals surface area contributed by atoms with Crippen molar-refractivity contribution in [1.82, 2.24) is 15.4 Å². The number of rotatable bonds is 7. The molecule has 5 nitrogen and oxygen atoms in total. The minimum absolute atomic E-state index is 0.157. The zero-order chi connectivity index (χ0) is 19.2. The van der Waals surface area contributed by atoms with Crippen LogP contribution in [0.2, 0.25) is 0 Å². The summed E-state index contributed by atoms with van der Waals surface area (Å²) in [6, 6.07) is 11.0. The zero-order valence-corrected chi connectivity index (χ0v) is 16.7. The SMILES string of the molecule is CCCc1cc(CN[C@H]2CCCN(C(C)=O)[C@H]2Cc2cccc(C)c2)on1. The second kappa shape index (κ2) is 9.18. The first-order chi connectivity index (χ1) is 13.1. The van der Waals surface area contributed by atoms with E-state index in [1.54, 1.807) is 6.92 Å². The van der Waals surface area contributed by atoms with Gasteiger partial charge in [0.05, 0.1) is 18.3 Å². The fourth-order valence-electron chi connectivity index (χ4n) is 4.06. The van der Waals surface area contributed by atoms with Crippen molar-refractivity contribution in [2.45, 2.75) is 71.5 Å². The number of aryl methyl sites for hydroxylation is 2. The van der Waals surface area contributed by atoms with Crippen LogP contribution in [0.5, 0.6) is 0 Å². The molecule has 146 valence electrons. The molecule has 0 aliphatic carbocycles. The fraction of sp³-hybridized carbons (Fsp3) is 0.545. The number of carbonyl (C=O) groups excluding carboxylic acids is 1. The molecular weight excluding hydrogens is 338 g/mol. The first-order valence-electron chi connectivity index (χ1n) is 10.1. The van der Waals surface area contributed by atoms with Crippen LogP contribution in [-0.2, 0) is 24.2 Å². The van der Waals surface area contributed by atoms with E-state index in [1.807, 2.05) is 11.0 Å². The molecule has 1 fully saturated rings. The minimum atomic E-state index is 0.157. The predicted octanol–water partition coefficient (Wildman–Crippen LogP) is 3.65. The van der Waals surface area contributed by atoms with E-state index in [0.29, 0.717) is 6.54 Å². The summed E-state index contributed by atoms with van der Waals surface area (Å²) in [5.41, 5.74) is 3.55. The second-order valence-electron chi connectivity index (χ2n) is 7.64. The number of amides is 1. The Morgan fingerprint density at radius 2 is 2.22 bits per heavy atom. The summed E-state index contributed by atoms with van der Waals surface area (Å²) in [5, 5.41) is 7.77. The summed E-state index contributed by atoms with van der Waals surface area (Å²) in [4.78, 5) is 14.3. The molecular formula is C22H31N3O2. The highest BCUT2D eigenvalue weighted by Crippen LogP contribution is 2.23. The molecule has 2 heterocycles. The number of hydrogen-bond donors (Lipinski definition) is 1. The van der Waals surface area contributed by atoms with E-state index in [9.17, 15) is 4.79 Å². The number of hydrogen-bond acceptors (Lipinski definition) is 4. The molecule has 2 atom stereocenters. The molecule has 1 aliphatic rings. The molecule has 0 bridgehead atoms. The van der Waals surface area contributed by atoms with Crippen molar-refractivity contribution in [2.75, 3.05) is 6.54 Å². The van der Waals surface area contributed by atoms with Crippen LogP contribution in [0.15, 0.2) is 34.9 Å². The lowest BCUT2D eigenvalue weighted by molar-refractivity contribution is -0.133. The van der Waals surface area contributed by atoms with Gasteiger partial charge in [-0.25, -0.2) is 0 Å². The van der Waals surface area contributed by atoms with E-state index in [4.69, 9.17) is 4.52 Å². The molecule has 1 saturated heterocycles. The van der Waals surface area contributed by atoms with Crippen LogP contribution in [0.1, 0.15) is 55.7 Å². The Morgan fingerprint density at radius 3 is 2.96 bits per heavy atom. The smallest absolute Gasteiger partial charge is 0.219 e. The topological polar surface area (TPSA) is 58.4 Å². The van der Waals surface area contributed by atoms with Crippen LogP contribution >= 0.6 is 0 Å². The van der Waals surface area contributed by atoms with Crippen LogP contribution < -0.4 is 5.32 Å². The van der Waals surface area contributed by atoms with Crippen LogP contribution in [0.25, 0.3) is 0 Å². The molecule has 1 aromatic carbocycles. The van der Waals surface area contributed by atoms with Crippen molar-refractivity contribution in [3.63, 3.8) is 0 Å². The molecule has 1 aliphatic heterocycles. The average Bonchev–Trinajstić information content (AvgIpc) is 3.08. The van der Waals surface area contributed by atoms with Gasteiger partial charge in [-0.3, -0.25) is 4.79 Å². The Labute approximate surface area is 162 Å². The first-order valence-corrected chi connectivity index (χ1v) is 10.1. The number of likely N-dealkylation sites (tertiary alicyclic amines) is 1. The van der Waals surface area contributed by atoms with Gasteiger partial charge in [-0.1, -0.05) is 48.3 Å². The number of piperidine rings is 1. The van der Waals surface area contributed by atoms with E-state index in [1.165, 1.54) is 11.1 Å². The Balaban J connectivity index is 1.70. The third-order valence-corrected chi connectivity index (χ3v) is 5.36. The van der Waals surface area contributed by atoms with E-state index < -0.39 is 0 Å². The molecule has 2 aromatic rings. The van der Waals surface area contributed by atoms with E-state index in [2.05, 4.69) is 48.6 Å². The number of nitrogens with one attached hydrogen (secondary N) is 1. The Morgan fingerprint density at radius 1 is 1.37 bits per heavy atom. The van der Waals surface area contributed by atoms with Gasteiger partial charge >= 0.3 is 0 Å². The number of benzene rings is 1. The Bertz CT molecular complexity index is 756. The minimum Gasteiger partial charge on any atom is -0.360 e. The van der Waals surface area contributed by atoms with Crippen molar-refractivity contribution in [3.05, 3.63) is 52.9 Å². The van der Waals surface area contributed by atoms with E-state index in [0.717, 1.165) is 50.1 Å². The van der Waals surface area contributed by atoms with Gasteiger partial charge in [0.1, 0.15) is 0 Å². The van der Waals surface area contributed by atoms with Gasteiger partial charge in [0.25, 0.3) is 0 Å². The van der Waals surface area contributed by atoms with Gasteiger partial charge in [-0.15, -0.1) is 0 Å². The van der Waals surface area contributed by atoms with E-state index in [-0.39, 0.29) is 18.0 Å². The van der Waals surface area contributed by atoms with Crippen LogP contribution in [0.3, 0.4) is 0 Å². The summed E-state index contributed by atoms with van der Waals surface area (Å²) in [7, 11) is 0. The van der Waals surface area contributed by atoms with Gasteiger partial charge in [0.15, 0.2) is 5.76 Å². The highest BCUT2D eigenvalue weighted by Gasteiger charge is 2.32. The maximum Gasteiger partial charge on any atom is 0.219 e. The zero-order valence-electron chi connectivity index (χ0n) is 16.7. The predicted molar refractivity (Wildman–Crippen MR) is 106 cm³/mol. The maximum absolute atomic E-state index is 12.2. The van der Waals surface area contributed by atoms with Gasteiger partial charge in [0.2, 0.25) is 5.91 Å². The Hall–Kier alpha value is -2.14. The lowest BCUT2D eigenvalue weighted by Gasteiger charge is -2.41. The Kier molecular flexibility index (Phi) is 6.67. The highest BCUT2D eigenvalue weighted by molar-refractivity contribution is 5.73. The summed E-state index contributed by atoms with van der Waals surface area (Å²) >= 11 is 0. The van der Waals surface area contributed by atoms with Gasteiger partial charge in [0, 0.05) is 25.6 Å². The van der Waals surface area contributed by atoms with Crippen LogP contribution in [0, 0.1) is 6.92 Å². The average molecular weight is 370 g/mol. The number of nitrogens with zero attached hydrogens (tertiary/aromatic N) is 2. The molecule has 27 heavy (non-hydrogen) atoms. The molecule has 0 saturated carbocycles. The van der Waals surface area contributed by atoms with Crippen molar-refractivity contribution in [2.24, 2.45) is 0 Å². The lowest BCUT2D eigenvalue weighted by atomic mass is 9.90. The normalized spacial score (nSPS) is 20.0. The number of carbonyl (C=O) groups is 1. The quantitative estimate of drug-likeness (QED) is 0.809. The molecule has 5 heteroatoms. The van der Waals surface area contributed by atoms with Gasteiger partial charge < -0.3 is 14.7 Å². The largest absolute Gasteiger partial charge is 0.360 e. The third-order valence-electron chi connectivity index (χ3n) is 5.36. The maximum atomic E-state index is 12.2. The fourth-order valence-corrected chi connectivity index (χ4v) is 4.06. The van der Waals surface area contributed by atoms with Crippen LogP contribution in [0.4, 0.5) is 0 Å². The van der Waals surface area contributed by atoms with Crippen molar-refractivity contribution >= 4 is 5.91 Å². The van der Waals surface area contributed by atoms with Crippen LogP contribution in [-0.4, -0.2) is 34.6 Å². The molecule has 0 unspecified atom stereocenters. The summed E-state index contributed by atoms with van der Waals surface area (Å²) in [6.45, 7) is 7.42. The van der Waals surface area contributed by atoms with E-state index >= 15 is 0 Å². The van der Waals surface area contributed by atoms with Crippen molar-refractivity contribution < 1.29 is 9.32 Å². The molecule has 1 aromatic heterocycles. The molecule has 3 rings (SSSR count). The first kappa shape index (κ1) is 19.6. The van der Waals surface area contributed by atoms with Crippen molar-refractivity contribution in [3.8, 4) is 0 Å². The molecule has 0 radical (unpaired) electrons. The van der Waals surface area contributed by atoms with Crippen molar-refractivity contribution in [1.29, 1.82) is 0 Å². The molecule has 1 N–H and O–H groups in total. The summed E-state index contributed by atoms with van der Waals surface area (Å²) < 4.78 is 5.46. The lowest BCUT2D eigenvalue weighted by Crippen LogP contribution is -2.56. The summed E-state index contributed by atoms with van der Waals surface area (Å²) in [5.74, 6) is 1.02. The summed E-state index contributed by atoms with van der Waals surface area (Å²) in [6.07, 6.45) is 4.97. The monoisotopic (exact) mass is 369 g/mol. The van der Waals surface area contributed by atoms with Gasteiger partial charge in [-0.05, 0) is 38.2 Å².